The van der Waals surface area contributed by atoms with E-state index in [0.717, 1.165) is 11.3 Å². The minimum Gasteiger partial charge on any atom is -0.463 e. The van der Waals surface area contributed by atoms with Gasteiger partial charge in [0.2, 0.25) is 0 Å². The topological polar surface area (TPSA) is 33.4 Å². The maximum absolute atomic E-state index is 9.26. The van der Waals surface area contributed by atoms with Gasteiger partial charge in [0.25, 0.3) is 0 Å². The van der Waals surface area contributed by atoms with E-state index in [9.17, 15) is 5.11 Å². The Morgan fingerprint density at radius 3 is 2.64 bits per heavy atom. The number of aliphatic hydroxyl groups is 1. The molecule has 60 valence electrons. The summed E-state index contributed by atoms with van der Waals surface area (Å²) >= 11 is 0. The third kappa shape index (κ3) is 1.52. The third-order valence-electron chi connectivity index (χ3n) is 1.70. The van der Waals surface area contributed by atoms with Crippen LogP contribution in [0.1, 0.15) is 23.2 Å². The SMILES string of the molecule is C=CC(O)c1cc(C)c(C)o1. The van der Waals surface area contributed by atoms with Crippen LogP contribution in [-0.4, -0.2) is 5.11 Å². The van der Waals surface area contributed by atoms with Crippen molar-refractivity contribution >= 4 is 0 Å². The van der Waals surface area contributed by atoms with Gasteiger partial charge in [-0.15, -0.1) is 6.58 Å². The average Bonchev–Trinajstić information content (AvgIpc) is 2.31. The highest BCUT2D eigenvalue weighted by molar-refractivity contribution is 5.21. The van der Waals surface area contributed by atoms with Crippen molar-refractivity contribution in [1.29, 1.82) is 0 Å². The van der Waals surface area contributed by atoms with Crippen molar-refractivity contribution in [2.24, 2.45) is 0 Å². The molecule has 1 aromatic heterocycles. The van der Waals surface area contributed by atoms with Crippen molar-refractivity contribution < 1.29 is 9.52 Å². The van der Waals surface area contributed by atoms with Gasteiger partial charge in [-0.1, -0.05) is 6.08 Å². The lowest BCUT2D eigenvalue weighted by Gasteiger charge is -1.97. The van der Waals surface area contributed by atoms with Crippen molar-refractivity contribution in [3.05, 3.63) is 35.8 Å². The molecule has 0 aliphatic rings. The summed E-state index contributed by atoms with van der Waals surface area (Å²) in [6.07, 6.45) is 0.764. The molecule has 0 aliphatic carbocycles. The second-order valence-electron chi connectivity index (χ2n) is 2.57. The maximum Gasteiger partial charge on any atom is 0.136 e. The standard InChI is InChI=1S/C9H12O2/c1-4-8(10)9-5-6(2)7(3)11-9/h4-5,8,10H,1H2,2-3H3. The van der Waals surface area contributed by atoms with E-state index in [0.29, 0.717) is 5.76 Å². The molecule has 0 spiro atoms. The first kappa shape index (κ1) is 8.08. The van der Waals surface area contributed by atoms with E-state index in [4.69, 9.17) is 4.42 Å². The first-order valence-electron chi connectivity index (χ1n) is 3.52. The molecule has 0 saturated carbocycles. The maximum atomic E-state index is 9.26. The Labute approximate surface area is 66.2 Å². The van der Waals surface area contributed by atoms with Gasteiger partial charge in [-0.25, -0.2) is 0 Å². The number of hydrogen-bond donors (Lipinski definition) is 1. The Morgan fingerprint density at radius 1 is 1.64 bits per heavy atom. The molecular weight excluding hydrogens is 140 g/mol. The van der Waals surface area contributed by atoms with E-state index in [-0.39, 0.29) is 0 Å². The molecule has 1 heterocycles. The predicted octanol–water partition coefficient (Wildman–Crippen LogP) is 2.12. The fourth-order valence-electron chi connectivity index (χ4n) is 0.864. The molecule has 1 unspecified atom stereocenters. The van der Waals surface area contributed by atoms with Crippen LogP contribution in [0.3, 0.4) is 0 Å². The van der Waals surface area contributed by atoms with Crippen LogP contribution in [0, 0.1) is 13.8 Å². The third-order valence-corrected chi connectivity index (χ3v) is 1.70. The summed E-state index contributed by atoms with van der Waals surface area (Å²) in [5, 5.41) is 9.26. The van der Waals surface area contributed by atoms with Gasteiger partial charge in [-0.3, -0.25) is 0 Å². The van der Waals surface area contributed by atoms with E-state index in [1.165, 1.54) is 6.08 Å². The van der Waals surface area contributed by atoms with Crippen LogP contribution in [0.4, 0.5) is 0 Å². The summed E-state index contributed by atoms with van der Waals surface area (Å²) in [5.41, 5.74) is 1.06. The summed E-state index contributed by atoms with van der Waals surface area (Å²) in [5.74, 6) is 1.41. The van der Waals surface area contributed by atoms with Crippen LogP contribution in [0.15, 0.2) is 23.1 Å². The van der Waals surface area contributed by atoms with Gasteiger partial charge in [0.15, 0.2) is 0 Å². The van der Waals surface area contributed by atoms with Crippen molar-refractivity contribution in [1.82, 2.24) is 0 Å². The lowest BCUT2D eigenvalue weighted by Crippen LogP contribution is -1.87. The molecule has 0 fully saturated rings. The van der Waals surface area contributed by atoms with Crippen LogP contribution < -0.4 is 0 Å². The first-order chi connectivity index (χ1) is 5.15. The van der Waals surface area contributed by atoms with Crippen molar-refractivity contribution in [2.75, 3.05) is 0 Å². The summed E-state index contributed by atoms with van der Waals surface area (Å²) in [7, 11) is 0. The second-order valence-corrected chi connectivity index (χ2v) is 2.57. The predicted molar refractivity (Wildman–Crippen MR) is 43.3 cm³/mol. The lowest BCUT2D eigenvalue weighted by atomic mass is 10.2. The summed E-state index contributed by atoms with van der Waals surface area (Å²) in [6, 6.07) is 1.82. The summed E-state index contributed by atoms with van der Waals surface area (Å²) < 4.78 is 5.25. The van der Waals surface area contributed by atoms with Crippen LogP contribution in [0.5, 0.6) is 0 Å². The molecule has 0 aromatic carbocycles. The van der Waals surface area contributed by atoms with Crippen molar-refractivity contribution in [3.63, 3.8) is 0 Å². The number of hydrogen-bond acceptors (Lipinski definition) is 2. The minimum absolute atomic E-state index is 0.565. The van der Waals surface area contributed by atoms with Crippen LogP contribution in [-0.2, 0) is 0 Å². The molecule has 2 heteroatoms. The molecule has 0 amide bonds. The van der Waals surface area contributed by atoms with Gasteiger partial charge in [-0.05, 0) is 25.5 Å². The van der Waals surface area contributed by atoms with Crippen LogP contribution >= 0.6 is 0 Å². The Hall–Kier alpha value is -1.02. The van der Waals surface area contributed by atoms with Crippen LogP contribution in [0.2, 0.25) is 0 Å². The molecule has 2 nitrogen and oxygen atoms in total. The number of furan rings is 1. The average molecular weight is 152 g/mol. The largest absolute Gasteiger partial charge is 0.463 e. The Bertz CT molecular complexity index is 241. The molecule has 1 rings (SSSR count). The Morgan fingerprint density at radius 2 is 2.27 bits per heavy atom. The smallest absolute Gasteiger partial charge is 0.136 e. The summed E-state index contributed by atoms with van der Waals surface area (Å²) in [6.45, 7) is 7.28. The van der Waals surface area contributed by atoms with Crippen molar-refractivity contribution in [3.8, 4) is 0 Å². The molecule has 0 bridgehead atoms. The van der Waals surface area contributed by atoms with Gasteiger partial charge < -0.3 is 9.52 Å². The Balaban J connectivity index is 2.96. The quantitative estimate of drug-likeness (QED) is 0.658. The first-order valence-corrected chi connectivity index (χ1v) is 3.52. The molecular formula is C9H12O2. The van der Waals surface area contributed by atoms with Gasteiger partial charge in [0.1, 0.15) is 17.6 Å². The molecule has 0 aliphatic heterocycles. The number of aliphatic hydroxyl groups excluding tert-OH is 1. The second kappa shape index (κ2) is 2.93. The van der Waals surface area contributed by atoms with Gasteiger partial charge in [-0.2, -0.15) is 0 Å². The number of aryl methyl sites for hydroxylation is 2. The molecule has 1 aromatic rings. The van der Waals surface area contributed by atoms with E-state index in [2.05, 4.69) is 6.58 Å². The molecule has 0 radical (unpaired) electrons. The fraction of sp³-hybridized carbons (Fsp3) is 0.333. The highest BCUT2D eigenvalue weighted by Crippen LogP contribution is 2.20. The van der Waals surface area contributed by atoms with E-state index >= 15 is 0 Å². The van der Waals surface area contributed by atoms with Crippen molar-refractivity contribution in [2.45, 2.75) is 20.0 Å². The highest BCUT2D eigenvalue weighted by atomic mass is 16.4. The summed E-state index contributed by atoms with van der Waals surface area (Å²) in [4.78, 5) is 0. The normalized spacial score (nSPS) is 13.0. The Kier molecular flexibility index (Phi) is 2.15. The minimum atomic E-state index is -0.678. The monoisotopic (exact) mass is 152 g/mol. The lowest BCUT2D eigenvalue weighted by molar-refractivity contribution is 0.195. The fourth-order valence-corrected chi connectivity index (χ4v) is 0.864. The molecule has 1 atom stereocenters. The number of rotatable bonds is 2. The highest BCUT2D eigenvalue weighted by Gasteiger charge is 2.08. The zero-order valence-corrected chi connectivity index (χ0v) is 6.79. The van der Waals surface area contributed by atoms with Gasteiger partial charge in [0, 0.05) is 0 Å². The zero-order valence-electron chi connectivity index (χ0n) is 6.79. The zero-order chi connectivity index (χ0) is 8.43. The molecule has 0 saturated heterocycles. The molecule has 1 N–H and O–H groups in total. The molecule has 11 heavy (non-hydrogen) atoms. The van der Waals surface area contributed by atoms with Gasteiger partial charge >= 0.3 is 0 Å². The van der Waals surface area contributed by atoms with Gasteiger partial charge in [0.05, 0.1) is 0 Å². The van der Waals surface area contributed by atoms with E-state index < -0.39 is 6.10 Å². The van der Waals surface area contributed by atoms with E-state index in [1.807, 2.05) is 19.9 Å². The van der Waals surface area contributed by atoms with E-state index in [1.54, 1.807) is 0 Å². The van der Waals surface area contributed by atoms with Crippen LogP contribution in [0.25, 0.3) is 0 Å².